The second-order valence-corrected chi connectivity index (χ2v) is 8.40. The fourth-order valence-electron chi connectivity index (χ4n) is 4.19. The molecule has 0 aromatic heterocycles. The number of ether oxygens (including phenoxy) is 1. The van der Waals surface area contributed by atoms with E-state index in [1.54, 1.807) is 19.2 Å². The van der Waals surface area contributed by atoms with Crippen LogP contribution in [0.5, 0.6) is 5.75 Å². The number of aliphatic carboxylic acids is 1. The fourth-order valence-corrected chi connectivity index (χ4v) is 4.19. The molecule has 0 aliphatic carbocycles. The second kappa shape index (κ2) is 10.3. The normalized spacial score (nSPS) is 20.4. The van der Waals surface area contributed by atoms with E-state index in [-0.39, 0.29) is 17.4 Å². The van der Waals surface area contributed by atoms with E-state index >= 15 is 0 Å². The third kappa shape index (κ3) is 5.91. The number of likely N-dealkylation sites (tertiary alicyclic amines) is 1. The van der Waals surface area contributed by atoms with Gasteiger partial charge in [0.2, 0.25) is 5.91 Å². The van der Waals surface area contributed by atoms with Crippen molar-refractivity contribution in [3.8, 4) is 5.75 Å². The smallest absolute Gasteiger partial charge is 0.490 e. The third-order valence-electron chi connectivity index (χ3n) is 6.20. The average Bonchev–Trinajstić information content (AvgIpc) is 3.27. The van der Waals surface area contributed by atoms with Gasteiger partial charge in [-0.3, -0.25) is 14.5 Å². The number of likely N-dealkylation sites (N-methyl/N-ethyl adjacent to an activating group) is 1. The molecule has 11 heteroatoms. The Kier molecular flexibility index (Phi) is 7.69. The van der Waals surface area contributed by atoms with Gasteiger partial charge in [0.15, 0.2) is 0 Å². The summed E-state index contributed by atoms with van der Waals surface area (Å²) < 4.78 is 36.9. The molecule has 0 radical (unpaired) electrons. The molecule has 2 heterocycles. The number of carbonyl (C=O) groups is 3. The van der Waals surface area contributed by atoms with E-state index in [1.807, 2.05) is 59.3 Å². The number of anilines is 1. The van der Waals surface area contributed by atoms with Gasteiger partial charge in [-0.25, -0.2) is 4.79 Å². The molecule has 4 rings (SSSR count). The van der Waals surface area contributed by atoms with Crippen molar-refractivity contribution in [3.05, 3.63) is 60.2 Å². The summed E-state index contributed by atoms with van der Waals surface area (Å²) in [5.74, 6) is -1.90. The molecule has 35 heavy (non-hydrogen) atoms. The number of alkyl halides is 3. The van der Waals surface area contributed by atoms with E-state index < -0.39 is 12.1 Å². The molecule has 1 spiro atoms. The number of benzene rings is 2. The Morgan fingerprint density at radius 1 is 1.03 bits per heavy atom. The van der Waals surface area contributed by atoms with Gasteiger partial charge in [-0.2, -0.15) is 13.2 Å². The maximum Gasteiger partial charge on any atom is 0.490 e. The Morgan fingerprint density at radius 3 is 2.17 bits per heavy atom. The van der Waals surface area contributed by atoms with Crippen molar-refractivity contribution in [2.24, 2.45) is 0 Å². The number of rotatable bonds is 3. The summed E-state index contributed by atoms with van der Waals surface area (Å²) in [5.41, 5.74) is 1.36. The predicted molar refractivity (Wildman–Crippen MR) is 121 cm³/mol. The number of para-hydroxylation sites is 1. The van der Waals surface area contributed by atoms with E-state index in [2.05, 4.69) is 4.90 Å². The molecule has 2 saturated heterocycles. The summed E-state index contributed by atoms with van der Waals surface area (Å²) in [4.78, 5) is 40.4. The van der Waals surface area contributed by atoms with Crippen molar-refractivity contribution in [1.29, 1.82) is 0 Å². The Bertz CT molecular complexity index is 1060. The number of amides is 2. The van der Waals surface area contributed by atoms with Gasteiger partial charge in [0.25, 0.3) is 5.91 Å². The third-order valence-corrected chi connectivity index (χ3v) is 6.20. The zero-order valence-corrected chi connectivity index (χ0v) is 19.3. The highest BCUT2D eigenvalue weighted by atomic mass is 19.4. The number of methoxy groups -OCH3 is 1. The quantitative estimate of drug-likeness (QED) is 0.707. The van der Waals surface area contributed by atoms with Gasteiger partial charge in [-0.1, -0.05) is 18.2 Å². The lowest BCUT2D eigenvalue weighted by Crippen LogP contribution is -2.64. The van der Waals surface area contributed by atoms with Crippen molar-refractivity contribution >= 4 is 23.5 Å². The standard InChI is InChI=1S/C22H25N3O3.C2HF3O2/c1-23-14-20(26)25(18-6-4-3-5-7-18)16-22(23)12-13-24(15-22)21(27)17-8-10-19(28-2)11-9-17;3-2(4,5)1(6)7/h3-11H,12-16H2,1-2H3;(H,6,7). The van der Waals surface area contributed by atoms with E-state index in [0.29, 0.717) is 31.7 Å². The number of carboxylic acids is 1. The maximum atomic E-state index is 13.0. The zero-order valence-electron chi connectivity index (χ0n) is 19.3. The van der Waals surface area contributed by atoms with Gasteiger partial charge in [-0.05, 0) is 49.9 Å². The molecule has 188 valence electrons. The molecular formula is C24H26F3N3O5. The molecule has 1 N–H and O–H groups in total. The van der Waals surface area contributed by atoms with Crippen molar-refractivity contribution in [1.82, 2.24) is 9.80 Å². The molecule has 2 fully saturated rings. The summed E-state index contributed by atoms with van der Waals surface area (Å²) in [7, 11) is 3.60. The van der Waals surface area contributed by atoms with Crippen LogP contribution in [0, 0.1) is 0 Å². The molecule has 2 aliphatic heterocycles. The predicted octanol–water partition coefficient (Wildman–Crippen LogP) is 2.89. The summed E-state index contributed by atoms with van der Waals surface area (Å²) in [6.45, 7) is 2.26. The zero-order chi connectivity index (χ0) is 25.8. The van der Waals surface area contributed by atoms with Crippen LogP contribution in [0.4, 0.5) is 18.9 Å². The van der Waals surface area contributed by atoms with Gasteiger partial charge >= 0.3 is 12.1 Å². The molecule has 2 aliphatic rings. The van der Waals surface area contributed by atoms with Crippen molar-refractivity contribution < 1.29 is 37.4 Å². The monoisotopic (exact) mass is 493 g/mol. The summed E-state index contributed by atoms with van der Waals surface area (Å²) in [5, 5.41) is 7.12. The number of piperazine rings is 1. The summed E-state index contributed by atoms with van der Waals surface area (Å²) >= 11 is 0. The molecule has 8 nitrogen and oxygen atoms in total. The lowest BCUT2D eigenvalue weighted by Gasteiger charge is -2.46. The van der Waals surface area contributed by atoms with Crippen LogP contribution in [0.15, 0.2) is 54.6 Å². The number of hydrogen-bond donors (Lipinski definition) is 1. The molecule has 2 aromatic rings. The highest BCUT2D eigenvalue weighted by molar-refractivity contribution is 5.97. The van der Waals surface area contributed by atoms with Gasteiger partial charge in [0.1, 0.15) is 5.75 Å². The van der Waals surface area contributed by atoms with Gasteiger partial charge < -0.3 is 19.6 Å². The number of carbonyl (C=O) groups excluding carboxylic acids is 2. The molecule has 1 atom stereocenters. The number of halogens is 3. The molecule has 0 bridgehead atoms. The first-order valence-corrected chi connectivity index (χ1v) is 10.8. The van der Waals surface area contributed by atoms with Crippen LogP contribution in [-0.4, -0.2) is 84.7 Å². The maximum absolute atomic E-state index is 13.0. The Hall–Kier alpha value is -3.60. The highest BCUT2D eigenvalue weighted by Gasteiger charge is 2.48. The van der Waals surface area contributed by atoms with Crippen molar-refractivity contribution in [2.45, 2.75) is 18.1 Å². The first kappa shape index (κ1) is 26.0. The van der Waals surface area contributed by atoms with Crippen LogP contribution in [0.25, 0.3) is 0 Å². The van der Waals surface area contributed by atoms with Gasteiger partial charge in [0.05, 0.1) is 19.2 Å². The van der Waals surface area contributed by atoms with Crippen LogP contribution >= 0.6 is 0 Å². The Morgan fingerprint density at radius 2 is 1.63 bits per heavy atom. The van der Waals surface area contributed by atoms with Crippen molar-refractivity contribution in [3.63, 3.8) is 0 Å². The summed E-state index contributed by atoms with van der Waals surface area (Å²) in [6.07, 6.45) is -4.23. The van der Waals surface area contributed by atoms with Crippen LogP contribution in [0.1, 0.15) is 16.8 Å². The molecule has 2 aromatic carbocycles. The average molecular weight is 493 g/mol. The van der Waals surface area contributed by atoms with E-state index in [4.69, 9.17) is 14.6 Å². The van der Waals surface area contributed by atoms with E-state index in [0.717, 1.165) is 17.9 Å². The minimum Gasteiger partial charge on any atom is -0.497 e. The molecule has 2 amide bonds. The fraction of sp³-hybridized carbons (Fsp3) is 0.375. The second-order valence-electron chi connectivity index (χ2n) is 8.40. The first-order chi connectivity index (χ1) is 16.5. The van der Waals surface area contributed by atoms with Crippen LogP contribution in [0.3, 0.4) is 0 Å². The van der Waals surface area contributed by atoms with E-state index in [9.17, 15) is 22.8 Å². The lowest BCUT2D eigenvalue weighted by atomic mass is 9.92. The molecule has 1 unspecified atom stereocenters. The largest absolute Gasteiger partial charge is 0.497 e. The number of carboxylic acid groups (broad SMARTS) is 1. The molecule has 0 saturated carbocycles. The highest BCUT2D eigenvalue weighted by Crippen LogP contribution is 2.34. The Labute approximate surface area is 200 Å². The van der Waals surface area contributed by atoms with E-state index in [1.165, 1.54) is 0 Å². The number of nitrogens with zero attached hydrogens (tertiary/aromatic N) is 3. The van der Waals surface area contributed by atoms with Gasteiger partial charge in [-0.15, -0.1) is 0 Å². The number of hydrogen-bond acceptors (Lipinski definition) is 5. The SMILES string of the molecule is COc1ccc(C(=O)N2CCC3(C2)CN(c2ccccc2)C(=O)CN3C)cc1.O=C(O)C(F)(F)F. The molecular weight excluding hydrogens is 467 g/mol. The topological polar surface area (TPSA) is 90.4 Å². The minimum absolute atomic E-state index is 0.0242. The van der Waals surface area contributed by atoms with Gasteiger partial charge in [0, 0.05) is 30.9 Å². The lowest BCUT2D eigenvalue weighted by molar-refractivity contribution is -0.192. The van der Waals surface area contributed by atoms with Crippen LogP contribution in [0.2, 0.25) is 0 Å². The Balaban J connectivity index is 0.000000429. The van der Waals surface area contributed by atoms with Crippen molar-refractivity contribution in [2.75, 3.05) is 45.2 Å². The minimum atomic E-state index is -5.08. The first-order valence-electron chi connectivity index (χ1n) is 10.8. The van der Waals surface area contributed by atoms with Crippen LogP contribution < -0.4 is 9.64 Å². The van der Waals surface area contributed by atoms with Crippen LogP contribution in [-0.2, 0) is 9.59 Å². The summed E-state index contributed by atoms with van der Waals surface area (Å²) in [6, 6.07) is 17.0.